The predicted octanol–water partition coefficient (Wildman–Crippen LogP) is 2.37. The van der Waals surface area contributed by atoms with Crippen molar-refractivity contribution in [3.63, 3.8) is 0 Å². The van der Waals surface area contributed by atoms with Gasteiger partial charge in [0.25, 0.3) is 0 Å². The minimum absolute atomic E-state index is 0. The fourth-order valence-corrected chi connectivity index (χ4v) is 4.09. The number of fused-ring (bicyclic) bond motifs is 2. The van der Waals surface area contributed by atoms with Crippen LogP contribution in [0.4, 0.5) is 0 Å². The van der Waals surface area contributed by atoms with Crippen LogP contribution < -0.4 is 5.32 Å². The van der Waals surface area contributed by atoms with Gasteiger partial charge in [-0.15, -0.1) is 23.7 Å². The third-order valence-electron chi connectivity index (χ3n) is 4.06. The summed E-state index contributed by atoms with van der Waals surface area (Å²) in [5.41, 5.74) is 0. The van der Waals surface area contributed by atoms with Gasteiger partial charge in [0.2, 0.25) is 5.91 Å². The van der Waals surface area contributed by atoms with E-state index in [-0.39, 0.29) is 12.4 Å². The maximum Gasteiger partial charge on any atom is 0.228 e. The van der Waals surface area contributed by atoms with Crippen molar-refractivity contribution in [3.8, 4) is 0 Å². The number of carbonyl (C=O) groups is 1. The van der Waals surface area contributed by atoms with Crippen molar-refractivity contribution in [2.24, 2.45) is 0 Å². The van der Waals surface area contributed by atoms with Crippen LogP contribution in [0, 0.1) is 6.92 Å². The van der Waals surface area contributed by atoms with Gasteiger partial charge in [0.05, 0.1) is 6.42 Å². The van der Waals surface area contributed by atoms with Crippen molar-refractivity contribution < 1.29 is 4.79 Å². The number of hydrogen-bond donors (Lipinski definition) is 1. The average molecular weight is 301 g/mol. The summed E-state index contributed by atoms with van der Waals surface area (Å²) in [4.78, 5) is 17.2. The van der Waals surface area contributed by atoms with Crippen LogP contribution in [0.15, 0.2) is 12.1 Å². The van der Waals surface area contributed by atoms with Crippen LogP contribution in [0.2, 0.25) is 0 Å². The summed E-state index contributed by atoms with van der Waals surface area (Å²) in [6, 6.07) is 5.12. The Morgan fingerprint density at radius 2 is 2.16 bits per heavy atom. The summed E-state index contributed by atoms with van der Waals surface area (Å²) >= 11 is 1.75. The second kappa shape index (κ2) is 6.25. The number of halogens is 1. The first-order chi connectivity index (χ1) is 8.74. The molecule has 0 spiro atoms. The number of aryl methyl sites for hydroxylation is 1. The fraction of sp³-hybridized carbons (Fsp3) is 0.643. The summed E-state index contributed by atoms with van der Waals surface area (Å²) in [5, 5.41) is 3.44. The summed E-state index contributed by atoms with van der Waals surface area (Å²) in [7, 11) is 0. The second-order valence-electron chi connectivity index (χ2n) is 5.37. The molecule has 2 bridgehead atoms. The van der Waals surface area contributed by atoms with Gasteiger partial charge in [-0.25, -0.2) is 0 Å². The highest BCUT2D eigenvalue weighted by Gasteiger charge is 2.37. The molecule has 1 N–H and O–H groups in total. The van der Waals surface area contributed by atoms with E-state index >= 15 is 0 Å². The highest BCUT2D eigenvalue weighted by Crippen LogP contribution is 2.29. The number of rotatable bonds is 2. The fourth-order valence-electron chi connectivity index (χ4n) is 3.21. The number of thiophene rings is 1. The van der Waals surface area contributed by atoms with Gasteiger partial charge in [0.1, 0.15) is 0 Å². The molecule has 2 fully saturated rings. The standard InChI is InChI=1S/C14H20N2OS.ClH/c1-10-2-5-13(18-10)8-14(17)16-11-3-4-12(16)9-15-7-6-11;/h2,5,11-12,15H,3-4,6-9H2,1H3;1H. The lowest BCUT2D eigenvalue weighted by Gasteiger charge is -2.27. The van der Waals surface area contributed by atoms with Crippen LogP contribution in [-0.2, 0) is 11.2 Å². The van der Waals surface area contributed by atoms with Crippen molar-refractivity contribution in [1.82, 2.24) is 10.2 Å². The Labute approximate surface area is 124 Å². The van der Waals surface area contributed by atoms with Gasteiger partial charge >= 0.3 is 0 Å². The molecule has 5 heteroatoms. The Morgan fingerprint density at radius 1 is 1.37 bits per heavy atom. The third kappa shape index (κ3) is 3.12. The highest BCUT2D eigenvalue weighted by molar-refractivity contribution is 7.12. The quantitative estimate of drug-likeness (QED) is 0.909. The van der Waals surface area contributed by atoms with E-state index in [1.807, 2.05) is 0 Å². The number of nitrogens with zero attached hydrogens (tertiary/aromatic N) is 1. The molecule has 2 unspecified atom stereocenters. The number of amides is 1. The molecule has 2 aliphatic heterocycles. The van der Waals surface area contributed by atoms with Crippen LogP contribution in [0.25, 0.3) is 0 Å². The molecule has 2 aliphatic rings. The van der Waals surface area contributed by atoms with Crippen molar-refractivity contribution in [3.05, 3.63) is 21.9 Å². The van der Waals surface area contributed by atoms with Crippen LogP contribution in [0.5, 0.6) is 0 Å². The summed E-state index contributed by atoms with van der Waals surface area (Å²) in [6.45, 7) is 4.13. The van der Waals surface area contributed by atoms with Crippen LogP contribution >= 0.6 is 23.7 Å². The maximum absolute atomic E-state index is 12.5. The summed E-state index contributed by atoms with van der Waals surface area (Å²) in [6.07, 6.45) is 4.08. The molecule has 0 saturated carbocycles. The Morgan fingerprint density at radius 3 is 2.89 bits per heavy atom. The zero-order valence-electron chi connectivity index (χ0n) is 11.2. The number of carbonyl (C=O) groups excluding carboxylic acids is 1. The van der Waals surface area contributed by atoms with Gasteiger partial charge < -0.3 is 10.2 Å². The van der Waals surface area contributed by atoms with E-state index in [0.29, 0.717) is 24.4 Å². The first kappa shape index (κ1) is 14.8. The lowest BCUT2D eigenvalue weighted by atomic mass is 10.1. The molecular weight excluding hydrogens is 280 g/mol. The molecule has 3 heterocycles. The summed E-state index contributed by atoms with van der Waals surface area (Å²) in [5.74, 6) is 0.327. The zero-order valence-corrected chi connectivity index (χ0v) is 12.9. The van der Waals surface area contributed by atoms with E-state index in [1.165, 1.54) is 22.6 Å². The van der Waals surface area contributed by atoms with E-state index in [0.717, 1.165) is 19.5 Å². The first-order valence-corrected chi connectivity index (χ1v) is 7.63. The molecule has 0 aliphatic carbocycles. The molecule has 3 rings (SSSR count). The van der Waals surface area contributed by atoms with E-state index in [9.17, 15) is 4.79 Å². The Balaban J connectivity index is 0.00000133. The predicted molar refractivity (Wildman–Crippen MR) is 81.2 cm³/mol. The van der Waals surface area contributed by atoms with Crippen LogP contribution in [0.3, 0.4) is 0 Å². The molecule has 0 radical (unpaired) electrons. The molecule has 1 aromatic heterocycles. The van der Waals surface area contributed by atoms with Gasteiger partial charge in [0, 0.05) is 28.4 Å². The molecule has 19 heavy (non-hydrogen) atoms. The minimum atomic E-state index is 0. The molecule has 2 saturated heterocycles. The van der Waals surface area contributed by atoms with Gasteiger partial charge in [-0.2, -0.15) is 0 Å². The Bertz CT molecular complexity index is 434. The van der Waals surface area contributed by atoms with Crippen molar-refractivity contribution in [2.75, 3.05) is 13.1 Å². The zero-order chi connectivity index (χ0) is 12.5. The van der Waals surface area contributed by atoms with E-state index < -0.39 is 0 Å². The van der Waals surface area contributed by atoms with Crippen molar-refractivity contribution >= 4 is 29.7 Å². The van der Waals surface area contributed by atoms with E-state index in [2.05, 4.69) is 29.3 Å². The van der Waals surface area contributed by atoms with Gasteiger partial charge in [-0.05, 0) is 44.9 Å². The van der Waals surface area contributed by atoms with E-state index in [4.69, 9.17) is 0 Å². The molecule has 3 nitrogen and oxygen atoms in total. The Kier molecular flexibility index (Phi) is 4.87. The van der Waals surface area contributed by atoms with Gasteiger partial charge in [-0.1, -0.05) is 0 Å². The van der Waals surface area contributed by atoms with Gasteiger partial charge in [-0.3, -0.25) is 4.79 Å². The topological polar surface area (TPSA) is 32.3 Å². The van der Waals surface area contributed by atoms with Crippen molar-refractivity contribution in [2.45, 2.75) is 44.7 Å². The van der Waals surface area contributed by atoms with Crippen LogP contribution in [0.1, 0.15) is 29.0 Å². The molecule has 1 amide bonds. The molecular formula is C14H21ClN2OS. The molecule has 0 aromatic carbocycles. The molecule has 106 valence electrons. The lowest BCUT2D eigenvalue weighted by molar-refractivity contribution is -0.132. The molecule has 2 atom stereocenters. The Hall–Kier alpha value is -0.580. The van der Waals surface area contributed by atoms with Crippen LogP contribution in [-0.4, -0.2) is 36.0 Å². The highest BCUT2D eigenvalue weighted by atomic mass is 35.5. The SMILES string of the molecule is Cc1ccc(CC(=O)N2C3CCNCC2CC3)s1.Cl. The average Bonchev–Trinajstić information content (AvgIpc) is 2.81. The smallest absolute Gasteiger partial charge is 0.228 e. The second-order valence-corrected chi connectivity index (χ2v) is 6.74. The van der Waals surface area contributed by atoms with E-state index in [1.54, 1.807) is 11.3 Å². The number of hydrogen-bond acceptors (Lipinski definition) is 3. The minimum Gasteiger partial charge on any atom is -0.335 e. The lowest BCUT2D eigenvalue weighted by Crippen LogP contribution is -2.43. The largest absolute Gasteiger partial charge is 0.335 e. The first-order valence-electron chi connectivity index (χ1n) is 6.81. The normalized spacial score (nSPS) is 25.8. The van der Waals surface area contributed by atoms with Gasteiger partial charge in [0.15, 0.2) is 0 Å². The summed E-state index contributed by atoms with van der Waals surface area (Å²) < 4.78 is 0. The molecule has 1 aromatic rings. The van der Waals surface area contributed by atoms with Crippen molar-refractivity contribution in [1.29, 1.82) is 0 Å². The maximum atomic E-state index is 12.5. The third-order valence-corrected chi connectivity index (χ3v) is 5.06. The monoisotopic (exact) mass is 300 g/mol. The number of nitrogens with one attached hydrogen (secondary N) is 1.